The summed E-state index contributed by atoms with van der Waals surface area (Å²) in [5.74, 6) is 1.97. The first kappa shape index (κ1) is 15.6. The first-order valence-electron chi connectivity index (χ1n) is 9.02. The molecule has 5 rings (SSSR count). The zero-order valence-electron chi connectivity index (χ0n) is 14.6. The van der Waals surface area contributed by atoms with Crippen LogP contribution in [0.15, 0.2) is 24.3 Å². The maximum Gasteiger partial charge on any atom is 0.220 e. The highest BCUT2D eigenvalue weighted by molar-refractivity contribution is 5.66. The van der Waals surface area contributed by atoms with E-state index in [0.29, 0.717) is 11.9 Å². The van der Waals surface area contributed by atoms with Gasteiger partial charge in [-0.1, -0.05) is 18.2 Å². The summed E-state index contributed by atoms with van der Waals surface area (Å²) in [4.78, 5) is 11.6. The fraction of sp³-hybridized carbons (Fsp3) is 0.500. The molecule has 4 heterocycles. The van der Waals surface area contributed by atoms with E-state index in [0.717, 1.165) is 23.7 Å². The molecule has 3 aliphatic rings. The van der Waals surface area contributed by atoms with Crippen LogP contribution < -0.4 is 5.73 Å². The van der Waals surface area contributed by atoms with Crippen LogP contribution in [0.2, 0.25) is 0 Å². The Kier molecular flexibility index (Phi) is 4.01. The van der Waals surface area contributed by atoms with Crippen molar-refractivity contribution in [3.63, 3.8) is 0 Å². The lowest BCUT2D eigenvalue weighted by Gasteiger charge is -2.44. The predicted molar refractivity (Wildman–Crippen MR) is 97.7 cm³/mol. The maximum atomic E-state index is 6.03. The number of nitrogens with two attached hydrogens (primary N) is 1. The van der Waals surface area contributed by atoms with Gasteiger partial charge in [0.05, 0.1) is 5.69 Å². The van der Waals surface area contributed by atoms with Crippen molar-refractivity contribution in [3.8, 4) is 11.3 Å². The molecule has 0 radical (unpaired) electrons. The molecule has 0 saturated carbocycles. The number of hydrogen-bond donors (Lipinski definition) is 1. The summed E-state index contributed by atoms with van der Waals surface area (Å²) < 4.78 is 0. The van der Waals surface area contributed by atoms with Crippen LogP contribution >= 0.6 is 0 Å². The van der Waals surface area contributed by atoms with Crippen molar-refractivity contribution >= 4 is 5.95 Å². The van der Waals surface area contributed by atoms with Gasteiger partial charge in [0.25, 0.3) is 0 Å². The molecule has 0 unspecified atom stereocenters. The standard InChI is InChI=1S/C20H26N4/c1-13-4-3-5-18(14(13)2)19-11-17(22-20(21)23-19)10-16-12-24-8-6-15(16)7-9-24/h3-5,11,15-16H,6-10,12H2,1-2H3,(H2,21,22,23)/t16-/m0/s1. The van der Waals surface area contributed by atoms with Crippen molar-refractivity contribution in [2.75, 3.05) is 25.4 Å². The fourth-order valence-electron chi connectivity index (χ4n) is 4.38. The summed E-state index contributed by atoms with van der Waals surface area (Å²) >= 11 is 0. The lowest BCUT2D eigenvalue weighted by Crippen LogP contribution is -2.48. The largest absolute Gasteiger partial charge is 0.368 e. The Morgan fingerprint density at radius 3 is 2.67 bits per heavy atom. The zero-order valence-corrected chi connectivity index (χ0v) is 14.6. The third-order valence-corrected chi connectivity index (χ3v) is 5.94. The van der Waals surface area contributed by atoms with Crippen LogP contribution in [0, 0.1) is 25.7 Å². The van der Waals surface area contributed by atoms with E-state index in [1.165, 1.54) is 49.2 Å². The van der Waals surface area contributed by atoms with E-state index in [1.54, 1.807) is 0 Å². The minimum absolute atomic E-state index is 0.393. The van der Waals surface area contributed by atoms with Crippen LogP contribution in [0.1, 0.15) is 29.7 Å². The average Bonchev–Trinajstić information content (AvgIpc) is 2.58. The molecule has 3 saturated heterocycles. The third-order valence-electron chi connectivity index (χ3n) is 5.94. The fourth-order valence-corrected chi connectivity index (χ4v) is 4.38. The molecule has 0 spiro atoms. The first-order valence-corrected chi connectivity index (χ1v) is 9.02. The maximum absolute atomic E-state index is 6.03. The number of aromatic nitrogens is 2. The van der Waals surface area contributed by atoms with Crippen molar-refractivity contribution in [2.45, 2.75) is 33.1 Å². The second-order valence-electron chi connectivity index (χ2n) is 7.45. The molecule has 126 valence electrons. The van der Waals surface area contributed by atoms with Gasteiger partial charge < -0.3 is 10.6 Å². The van der Waals surface area contributed by atoms with Crippen molar-refractivity contribution in [1.29, 1.82) is 0 Å². The number of hydrogen-bond acceptors (Lipinski definition) is 4. The molecule has 2 bridgehead atoms. The van der Waals surface area contributed by atoms with Crippen LogP contribution in [-0.4, -0.2) is 34.5 Å². The van der Waals surface area contributed by atoms with E-state index in [1.807, 2.05) is 0 Å². The predicted octanol–water partition coefficient (Wildman–Crippen LogP) is 3.23. The Morgan fingerprint density at radius 1 is 1.17 bits per heavy atom. The summed E-state index contributed by atoms with van der Waals surface area (Å²) in [6.45, 7) is 8.06. The van der Waals surface area contributed by atoms with E-state index in [9.17, 15) is 0 Å². The van der Waals surface area contributed by atoms with Gasteiger partial charge in [-0.25, -0.2) is 9.97 Å². The second kappa shape index (κ2) is 6.17. The molecule has 3 fully saturated rings. The number of anilines is 1. The second-order valence-corrected chi connectivity index (χ2v) is 7.45. The Hall–Kier alpha value is -1.94. The topological polar surface area (TPSA) is 55.0 Å². The Bertz CT molecular complexity index is 747. The van der Waals surface area contributed by atoms with Crippen LogP contribution in [-0.2, 0) is 6.42 Å². The van der Waals surface area contributed by atoms with Gasteiger partial charge in [0, 0.05) is 17.8 Å². The molecule has 0 amide bonds. The monoisotopic (exact) mass is 322 g/mol. The molecule has 1 atom stereocenters. The minimum atomic E-state index is 0.393. The quantitative estimate of drug-likeness (QED) is 0.942. The van der Waals surface area contributed by atoms with E-state index in [2.05, 4.69) is 53.0 Å². The Labute approximate surface area is 144 Å². The number of piperidine rings is 3. The minimum Gasteiger partial charge on any atom is -0.368 e. The smallest absolute Gasteiger partial charge is 0.220 e. The zero-order chi connectivity index (χ0) is 16.7. The SMILES string of the molecule is Cc1cccc(-c2cc(C[C@H]3CN4CCC3CC4)nc(N)n2)c1C. The van der Waals surface area contributed by atoms with Gasteiger partial charge in [-0.15, -0.1) is 0 Å². The van der Waals surface area contributed by atoms with Gasteiger partial charge in [-0.3, -0.25) is 0 Å². The van der Waals surface area contributed by atoms with Crippen LogP contribution in [0.25, 0.3) is 11.3 Å². The molecule has 4 heteroatoms. The van der Waals surface area contributed by atoms with Gasteiger partial charge in [0.15, 0.2) is 0 Å². The summed E-state index contributed by atoms with van der Waals surface area (Å²) in [6, 6.07) is 8.50. The summed E-state index contributed by atoms with van der Waals surface area (Å²) in [6.07, 6.45) is 3.70. The van der Waals surface area contributed by atoms with Crippen molar-refractivity contribution in [1.82, 2.24) is 14.9 Å². The van der Waals surface area contributed by atoms with Gasteiger partial charge in [0.2, 0.25) is 5.95 Å². The van der Waals surface area contributed by atoms with Gasteiger partial charge in [-0.2, -0.15) is 0 Å². The molecule has 0 aliphatic carbocycles. The lowest BCUT2D eigenvalue weighted by atomic mass is 9.77. The molecular formula is C20H26N4. The average molecular weight is 322 g/mol. The van der Waals surface area contributed by atoms with Gasteiger partial charge in [0.1, 0.15) is 0 Å². The molecular weight excluding hydrogens is 296 g/mol. The van der Waals surface area contributed by atoms with Gasteiger partial charge >= 0.3 is 0 Å². The highest BCUT2D eigenvalue weighted by Gasteiger charge is 2.34. The molecule has 24 heavy (non-hydrogen) atoms. The number of aryl methyl sites for hydroxylation is 1. The van der Waals surface area contributed by atoms with Crippen LogP contribution in [0.3, 0.4) is 0 Å². The third kappa shape index (κ3) is 2.91. The van der Waals surface area contributed by atoms with Crippen molar-refractivity contribution < 1.29 is 0 Å². The molecule has 4 nitrogen and oxygen atoms in total. The normalized spacial score (nSPS) is 25.8. The summed E-state index contributed by atoms with van der Waals surface area (Å²) in [5.41, 5.74) is 11.8. The number of fused-ring (bicyclic) bond motifs is 3. The Morgan fingerprint density at radius 2 is 1.96 bits per heavy atom. The highest BCUT2D eigenvalue weighted by atomic mass is 15.1. The van der Waals surface area contributed by atoms with Crippen LogP contribution in [0.4, 0.5) is 5.95 Å². The van der Waals surface area contributed by atoms with Gasteiger partial charge in [-0.05, 0) is 75.2 Å². The molecule has 3 aliphatic heterocycles. The molecule has 2 aromatic rings. The van der Waals surface area contributed by atoms with Crippen molar-refractivity contribution in [2.24, 2.45) is 11.8 Å². The molecule has 2 N–H and O–H groups in total. The summed E-state index contributed by atoms with van der Waals surface area (Å²) in [7, 11) is 0. The Balaban J connectivity index is 1.63. The van der Waals surface area contributed by atoms with E-state index >= 15 is 0 Å². The van der Waals surface area contributed by atoms with E-state index in [4.69, 9.17) is 5.73 Å². The first-order chi connectivity index (χ1) is 11.6. The van der Waals surface area contributed by atoms with Crippen molar-refractivity contribution in [3.05, 3.63) is 41.1 Å². The molecule has 1 aromatic carbocycles. The van der Waals surface area contributed by atoms with E-state index < -0.39 is 0 Å². The number of benzene rings is 1. The molecule has 1 aromatic heterocycles. The van der Waals surface area contributed by atoms with E-state index in [-0.39, 0.29) is 0 Å². The lowest BCUT2D eigenvalue weighted by molar-refractivity contribution is 0.0508. The highest BCUT2D eigenvalue weighted by Crippen LogP contribution is 2.34. The van der Waals surface area contributed by atoms with Crippen LogP contribution in [0.5, 0.6) is 0 Å². The summed E-state index contributed by atoms with van der Waals surface area (Å²) in [5, 5.41) is 0. The number of rotatable bonds is 3. The number of nitrogen functional groups attached to an aromatic ring is 1. The number of nitrogens with zero attached hydrogens (tertiary/aromatic N) is 3.